The molecular formula is C43H58N6O11. The Kier molecular flexibility index (Phi) is 14.4. The van der Waals surface area contributed by atoms with Gasteiger partial charge in [0.2, 0.25) is 0 Å². The second-order valence-corrected chi connectivity index (χ2v) is 17.7. The molecule has 3 N–H and O–H groups in total. The van der Waals surface area contributed by atoms with Crippen LogP contribution in [0.3, 0.4) is 0 Å². The van der Waals surface area contributed by atoms with Crippen LogP contribution in [0.5, 0.6) is 0 Å². The molecule has 17 nitrogen and oxygen atoms in total. The number of rotatable bonds is 13. The predicted molar refractivity (Wildman–Crippen MR) is 224 cm³/mol. The average Bonchev–Trinajstić information content (AvgIpc) is 3.43. The van der Waals surface area contributed by atoms with Crippen molar-refractivity contribution in [1.29, 1.82) is 0 Å². The third-order valence-electron chi connectivity index (χ3n) is 8.18. The number of carbonyl (C=O) groups excluding carboxylic acids is 4. The first kappa shape index (κ1) is 46.7. The van der Waals surface area contributed by atoms with Crippen LogP contribution in [0.1, 0.15) is 110 Å². The fraction of sp³-hybridized carbons (Fsp3) is 0.512. The molecule has 326 valence electrons. The fourth-order valence-corrected chi connectivity index (χ4v) is 5.99. The van der Waals surface area contributed by atoms with Crippen molar-refractivity contribution in [3.05, 3.63) is 65.0 Å². The minimum atomic E-state index is -1.64. The summed E-state index contributed by atoms with van der Waals surface area (Å²) in [5.74, 6) is -0.267. The maximum Gasteiger partial charge on any atom is 0.509 e. The van der Waals surface area contributed by atoms with Crippen molar-refractivity contribution >= 4 is 58.1 Å². The molecule has 17 heteroatoms. The number of aromatic nitrogens is 3. The number of imide groups is 1. The Balaban J connectivity index is 1.79. The highest BCUT2D eigenvalue weighted by atomic mass is 16.7. The number of carbonyl (C=O) groups is 5. The first-order chi connectivity index (χ1) is 27.8. The molecule has 2 heterocycles. The molecule has 0 unspecified atom stereocenters. The minimum absolute atomic E-state index is 0.00358. The molecule has 0 saturated heterocycles. The molecular weight excluding hydrogens is 777 g/mol. The van der Waals surface area contributed by atoms with Crippen LogP contribution in [0, 0.1) is 0 Å². The van der Waals surface area contributed by atoms with Gasteiger partial charge in [0.25, 0.3) is 5.91 Å². The molecule has 0 atom stereocenters. The Hall–Kier alpha value is -5.97. The van der Waals surface area contributed by atoms with E-state index < -0.39 is 46.8 Å². The molecule has 4 aromatic rings. The summed E-state index contributed by atoms with van der Waals surface area (Å²) in [6.07, 6.45) is -3.92. The van der Waals surface area contributed by atoms with Gasteiger partial charge in [0.05, 0.1) is 17.6 Å². The van der Waals surface area contributed by atoms with Gasteiger partial charge < -0.3 is 44.0 Å². The van der Waals surface area contributed by atoms with Gasteiger partial charge in [0.15, 0.2) is 5.82 Å². The van der Waals surface area contributed by atoms with Gasteiger partial charge in [-0.1, -0.05) is 24.3 Å². The van der Waals surface area contributed by atoms with Gasteiger partial charge in [-0.3, -0.25) is 4.79 Å². The maximum atomic E-state index is 13.6. The van der Waals surface area contributed by atoms with Crippen molar-refractivity contribution < 1.29 is 52.8 Å². The van der Waals surface area contributed by atoms with Crippen molar-refractivity contribution in [2.45, 2.75) is 125 Å². The number of fused-ring (bicyclic) bond motifs is 3. The molecule has 2 aromatic carbocycles. The van der Waals surface area contributed by atoms with E-state index in [9.17, 15) is 29.1 Å². The van der Waals surface area contributed by atoms with E-state index in [0.717, 1.165) is 11.1 Å². The van der Waals surface area contributed by atoms with E-state index in [2.05, 4.69) is 10.6 Å². The number of alkyl carbamates (subject to hydrolysis) is 1. The van der Waals surface area contributed by atoms with E-state index in [1.807, 2.05) is 25.1 Å². The van der Waals surface area contributed by atoms with E-state index in [4.69, 9.17) is 33.7 Å². The molecule has 0 spiro atoms. The smallest absolute Gasteiger partial charge is 0.464 e. The fourth-order valence-electron chi connectivity index (χ4n) is 5.99. The molecule has 0 bridgehead atoms. The Morgan fingerprint density at radius 1 is 0.767 bits per heavy atom. The summed E-state index contributed by atoms with van der Waals surface area (Å²) in [6.45, 7) is 21.2. The van der Waals surface area contributed by atoms with Crippen molar-refractivity contribution in [3.63, 3.8) is 0 Å². The van der Waals surface area contributed by atoms with Crippen LogP contribution in [0.2, 0.25) is 0 Å². The molecule has 0 aliphatic carbocycles. The molecule has 0 saturated carbocycles. The quantitative estimate of drug-likeness (QED) is 0.0661. The Morgan fingerprint density at radius 2 is 1.40 bits per heavy atom. The number of hydrogen-bond donors (Lipinski definition) is 3. The van der Waals surface area contributed by atoms with Crippen LogP contribution in [0.4, 0.5) is 25.0 Å². The number of amides is 4. The number of imidazole rings is 1. The first-order valence-corrected chi connectivity index (χ1v) is 19.7. The van der Waals surface area contributed by atoms with E-state index in [0.29, 0.717) is 45.7 Å². The van der Waals surface area contributed by atoms with E-state index in [-0.39, 0.29) is 43.5 Å². The molecule has 60 heavy (non-hydrogen) atoms. The Labute approximate surface area is 350 Å². The number of pyridine rings is 1. The highest BCUT2D eigenvalue weighted by molar-refractivity contribution is 6.16. The molecule has 0 aliphatic rings. The number of hydrogen-bond acceptors (Lipinski definition) is 12. The zero-order chi connectivity index (χ0) is 44.8. The standard InChI is InChI=1S/C43H58N6O11/c1-13-56-24-31-47-32-33(48(31)25-43(11,12)60-39(55)59-42(8,9)10)29-18-17-27(23-30(29)46-34(32)49(37(52)53)38(54)58-41(5,6)7)21-26-15-14-16-28(22-26)35(50)44-19-20-45-36(51)57-40(2,3)4/h14-18,22-23H,13,19-21,24-25H2,1-12H3,(H,44,50)(H,45,51)(H,52,53). The lowest BCUT2D eigenvalue weighted by Gasteiger charge is -2.29. The van der Waals surface area contributed by atoms with Gasteiger partial charge in [0.1, 0.15) is 40.4 Å². The third kappa shape index (κ3) is 13.3. The lowest BCUT2D eigenvalue weighted by atomic mass is 10.0. The summed E-state index contributed by atoms with van der Waals surface area (Å²) in [7, 11) is 0. The summed E-state index contributed by atoms with van der Waals surface area (Å²) in [4.78, 5) is 74.2. The van der Waals surface area contributed by atoms with Crippen molar-refractivity contribution in [1.82, 2.24) is 25.2 Å². The second-order valence-electron chi connectivity index (χ2n) is 17.7. The van der Waals surface area contributed by atoms with Crippen LogP contribution < -0.4 is 15.5 Å². The number of nitrogens with one attached hydrogen (secondary N) is 2. The van der Waals surface area contributed by atoms with Crippen molar-refractivity contribution in [3.8, 4) is 0 Å². The summed E-state index contributed by atoms with van der Waals surface area (Å²) < 4.78 is 29.5. The van der Waals surface area contributed by atoms with Gasteiger partial charge in [-0.05, 0) is 119 Å². The lowest BCUT2D eigenvalue weighted by Crippen LogP contribution is -2.41. The molecule has 4 amide bonds. The second kappa shape index (κ2) is 18.5. The topological polar surface area (TPSA) is 210 Å². The normalized spacial score (nSPS) is 12.2. The van der Waals surface area contributed by atoms with Crippen molar-refractivity contribution in [2.24, 2.45) is 0 Å². The summed E-state index contributed by atoms with van der Waals surface area (Å²) in [5.41, 5.74) is -0.909. The van der Waals surface area contributed by atoms with Crippen LogP contribution in [-0.2, 0) is 43.3 Å². The van der Waals surface area contributed by atoms with Gasteiger partial charge >= 0.3 is 24.4 Å². The number of anilines is 1. The third-order valence-corrected chi connectivity index (χ3v) is 8.18. The molecule has 0 radical (unpaired) electrons. The van der Waals surface area contributed by atoms with Gasteiger partial charge in [0, 0.05) is 30.6 Å². The van der Waals surface area contributed by atoms with E-state index in [1.165, 1.54) is 0 Å². The monoisotopic (exact) mass is 834 g/mol. The molecule has 0 fully saturated rings. The minimum Gasteiger partial charge on any atom is -0.464 e. The van der Waals surface area contributed by atoms with Gasteiger partial charge in [-0.2, -0.15) is 4.90 Å². The number of ether oxygens (including phenoxy) is 5. The predicted octanol–water partition coefficient (Wildman–Crippen LogP) is 8.12. The summed E-state index contributed by atoms with van der Waals surface area (Å²) >= 11 is 0. The van der Waals surface area contributed by atoms with Crippen molar-refractivity contribution in [2.75, 3.05) is 24.6 Å². The number of carboxylic acid groups (broad SMARTS) is 1. The Morgan fingerprint density at radius 3 is 2.02 bits per heavy atom. The maximum absolute atomic E-state index is 13.6. The lowest BCUT2D eigenvalue weighted by molar-refractivity contribution is -0.0584. The molecule has 0 aliphatic heterocycles. The SMILES string of the molecule is CCOCc1nc2c(N(C(=O)O)C(=O)OC(C)(C)C)nc3cc(Cc4cccc(C(=O)NCCNC(=O)OC(C)(C)C)c4)ccc3c2n1CC(C)(C)OC(=O)OC(C)(C)C. The van der Waals surface area contributed by atoms with E-state index in [1.54, 1.807) is 105 Å². The van der Waals surface area contributed by atoms with Gasteiger partial charge in [-0.25, -0.2) is 29.1 Å². The zero-order valence-electron chi connectivity index (χ0n) is 36.6. The van der Waals surface area contributed by atoms with Crippen LogP contribution in [0.15, 0.2) is 42.5 Å². The molecule has 2 aromatic heterocycles. The summed E-state index contributed by atoms with van der Waals surface area (Å²) in [5, 5.41) is 16.4. The van der Waals surface area contributed by atoms with Crippen LogP contribution in [-0.4, -0.2) is 92.1 Å². The van der Waals surface area contributed by atoms with Crippen LogP contribution >= 0.6 is 0 Å². The highest BCUT2D eigenvalue weighted by Crippen LogP contribution is 2.35. The number of benzene rings is 2. The van der Waals surface area contributed by atoms with Gasteiger partial charge in [-0.15, -0.1) is 0 Å². The van der Waals surface area contributed by atoms with E-state index >= 15 is 0 Å². The average molecular weight is 835 g/mol. The molecule has 4 rings (SSSR count). The zero-order valence-corrected chi connectivity index (χ0v) is 36.6. The highest BCUT2D eigenvalue weighted by Gasteiger charge is 2.35. The largest absolute Gasteiger partial charge is 0.509 e. The Bertz CT molecular complexity index is 2230. The summed E-state index contributed by atoms with van der Waals surface area (Å²) in [6, 6.07) is 12.5. The number of nitrogens with zero attached hydrogens (tertiary/aromatic N) is 4. The van der Waals surface area contributed by atoms with Crippen LogP contribution in [0.25, 0.3) is 21.9 Å². The first-order valence-electron chi connectivity index (χ1n) is 19.7.